The Morgan fingerprint density at radius 3 is 2.52 bits per heavy atom. The van der Waals surface area contributed by atoms with Crippen molar-refractivity contribution in [3.63, 3.8) is 0 Å². The van der Waals surface area contributed by atoms with Crippen molar-refractivity contribution in [1.29, 1.82) is 0 Å². The third-order valence-electron chi connectivity index (χ3n) is 5.65. The number of rotatable bonds is 4. The van der Waals surface area contributed by atoms with Gasteiger partial charge in [0.05, 0.1) is 5.92 Å². The summed E-state index contributed by atoms with van der Waals surface area (Å²) in [7, 11) is 0. The molecule has 1 unspecified atom stereocenters. The van der Waals surface area contributed by atoms with Crippen LogP contribution in [0.1, 0.15) is 44.1 Å². The topological polar surface area (TPSA) is 69.6 Å². The maximum atomic E-state index is 13.2. The van der Waals surface area contributed by atoms with Crippen LogP contribution in [0, 0.1) is 11.7 Å². The molecular formula is C19H25FN2O3. The molecule has 1 heterocycles. The number of likely N-dealkylation sites (tertiary alicyclic amines) is 1. The summed E-state index contributed by atoms with van der Waals surface area (Å²) in [6, 6.07) is 6.38. The van der Waals surface area contributed by atoms with Crippen LogP contribution >= 0.6 is 0 Å². The van der Waals surface area contributed by atoms with Gasteiger partial charge in [-0.1, -0.05) is 25.0 Å². The molecule has 1 aromatic rings. The van der Waals surface area contributed by atoms with Crippen molar-refractivity contribution in [3.8, 4) is 0 Å². The van der Waals surface area contributed by atoms with Gasteiger partial charge in [-0.05, 0) is 43.4 Å². The zero-order valence-corrected chi connectivity index (χ0v) is 14.3. The smallest absolute Gasteiger partial charge is 0.317 e. The molecule has 1 saturated heterocycles. The Kier molecular flexibility index (Phi) is 5.25. The molecule has 2 aliphatic rings. The minimum atomic E-state index is -0.837. The Hall–Kier alpha value is -2.11. The molecule has 0 radical (unpaired) electrons. The van der Waals surface area contributed by atoms with E-state index in [9.17, 15) is 14.0 Å². The minimum Gasteiger partial charge on any atom is -0.481 e. The van der Waals surface area contributed by atoms with E-state index < -0.39 is 11.9 Å². The van der Waals surface area contributed by atoms with Crippen LogP contribution in [-0.2, 0) is 10.2 Å². The standard InChI is InChI=1S/C19H25FN2O3/c20-16-7-5-15(6-8-16)19(9-1-2-10-19)13-21-18(25)22-11-3-4-14(12-22)17(23)24/h5-8,14H,1-4,9-13H2,(H,21,25)(H,23,24). The molecule has 0 aromatic heterocycles. The largest absolute Gasteiger partial charge is 0.481 e. The molecule has 0 bridgehead atoms. The number of carboxylic acid groups (broad SMARTS) is 1. The van der Waals surface area contributed by atoms with Gasteiger partial charge in [0.2, 0.25) is 0 Å². The molecule has 136 valence electrons. The number of carboxylic acids is 1. The summed E-state index contributed by atoms with van der Waals surface area (Å²) < 4.78 is 13.2. The highest BCUT2D eigenvalue weighted by Gasteiger charge is 2.37. The van der Waals surface area contributed by atoms with Gasteiger partial charge in [-0.25, -0.2) is 9.18 Å². The predicted molar refractivity (Wildman–Crippen MR) is 91.9 cm³/mol. The highest BCUT2D eigenvalue weighted by molar-refractivity contribution is 5.76. The van der Waals surface area contributed by atoms with Gasteiger partial charge in [-0.15, -0.1) is 0 Å². The molecular weight excluding hydrogens is 323 g/mol. The summed E-state index contributed by atoms with van der Waals surface area (Å²) in [4.78, 5) is 25.3. The Morgan fingerprint density at radius 2 is 1.88 bits per heavy atom. The van der Waals surface area contributed by atoms with E-state index in [1.54, 1.807) is 4.90 Å². The van der Waals surface area contributed by atoms with Gasteiger partial charge >= 0.3 is 12.0 Å². The summed E-state index contributed by atoms with van der Waals surface area (Å²) in [6.07, 6.45) is 5.47. The van der Waals surface area contributed by atoms with Crippen LogP contribution in [0.2, 0.25) is 0 Å². The first-order valence-electron chi connectivity index (χ1n) is 9.02. The highest BCUT2D eigenvalue weighted by Crippen LogP contribution is 2.40. The molecule has 1 aliphatic heterocycles. The van der Waals surface area contributed by atoms with Crippen molar-refractivity contribution in [2.75, 3.05) is 19.6 Å². The Morgan fingerprint density at radius 1 is 1.20 bits per heavy atom. The second-order valence-corrected chi connectivity index (χ2v) is 7.28. The Balaban J connectivity index is 1.64. The number of hydrogen-bond donors (Lipinski definition) is 2. The average Bonchev–Trinajstić information content (AvgIpc) is 3.10. The Bertz CT molecular complexity index is 626. The molecule has 0 spiro atoms. The Labute approximate surface area is 147 Å². The maximum absolute atomic E-state index is 13.2. The average molecular weight is 348 g/mol. The van der Waals surface area contributed by atoms with Crippen LogP contribution in [-0.4, -0.2) is 41.6 Å². The number of amides is 2. The lowest BCUT2D eigenvalue weighted by Crippen LogP contribution is -2.49. The van der Waals surface area contributed by atoms with Crippen LogP contribution < -0.4 is 5.32 Å². The van der Waals surface area contributed by atoms with E-state index in [4.69, 9.17) is 5.11 Å². The molecule has 1 aliphatic carbocycles. The number of urea groups is 1. The van der Waals surface area contributed by atoms with Gasteiger partial charge in [-0.2, -0.15) is 0 Å². The number of piperidine rings is 1. The summed E-state index contributed by atoms with van der Waals surface area (Å²) >= 11 is 0. The van der Waals surface area contributed by atoms with Crippen molar-refractivity contribution < 1.29 is 19.1 Å². The number of nitrogens with zero attached hydrogens (tertiary/aromatic N) is 1. The van der Waals surface area contributed by atoms with Crippen molar-refractivity contribution in [3.05, 3.63) is 35.6 Å². The van der Waals surface area contributed by atoms with Crippen molar-refractivity contribution in [2.24, 2.45) is 5.92 Å². The SMILES string of the molecule is O=C(O)C1CCCN(C(=O)NCC2(c3ccc(F)cc3)CCCC2)C1. The molecule has 1 aromatic carbocycles. The number of aliphatic carboxylic acids is 1. The summed E-state index contributed by atoms with van der Waals surface area (Å²) in [5.74, 6) is -1.57. The van der Waals surface area contributed by atoms with Gasteiger partial charge in [0.1, 0.15) is 5.82 Å². The van der Waals surface area contributed by atoms with Crippen LogP contribution in [0.25, 0.3) is 0 Å². The van der Waals surface area contributed by atoms with E-state index >= 15 is 0 Å². The van der Waals surface area contributed by atoms with E-state index in [0.29, 0.717) is 25.9 Å². The third-order valence-corrected chi connectivity index (χ3v) is 5.65. The first kappa shape index (κ1) is 17.7. The molecule has 1 saturated carbocycles. The summed E-state index contributed by atoms with van der Waals surface area (Å²) in [6.45, 7) is 1.37. The molecule has 6 heteroatoms. The van der Waals surface area contributed by atoms with E-state index in [-0.39, 0.29) is 23.8 Å². The summed E-state index contributed by atoms with van der Waals surface area (Å²) in [5.41, 5.74) is 0.916. The van der Waals surface area contributed by atoms with Gasteiger partial charge in [0.15, 0.2) is 0 Å². The number of hydrogen-bond acceptors (Lipinski definition) is 2. The fourth-order valence-corrected chi connectivity index (χ4v) is 4.14. The lowest BCUT2D eigenvalue weighted by Gasteiger charge is -2.34. The molecule has 1 atom stereocenters. The fourth-order valence-electron chi connectivity index (χ4n) is 4.14. The first-order chi connectivity index (χ1) is 12.0. The van der Waals surface area contributed by atoms with Crippen LogP contribution in [0.15, 0.2) is 24.3 Å². The lowest BCUT2D eigenvalue weighted by atomic mass is 9.79. The fraction of sp³-hybridized carbons (Fsp3) is 0.579. The van der Waals surface area contributed by atoms with Crippen LogP contribution in [0.5, 0.6) is 0 Å². The van der Waals surface area contributed by atoms with Crippen molar-refractivity contribution in [2.45, 2.75) is 43.9 Å². The second kappa shape index (κ2) is 7.42. The van der Waals surface area contributed by atoms with E-state index in [2.05, 4.69) is 5.32 Å². The van der Waals surface area contributed by atoms with E-state index in [0.717, 1.165) is 31.2 Å². The zero-order valence-electron chi connectivity index (χ0n) is 14.3. The van der Waals surface area contributed by atoms with Crippen molar-refractivity contribution in [1.82, 2.24) is 10.2 Å². The maximum Gasteiger partial charge on any atom is 0.317 e. The highest BCUT2D eigenvalue weighted by atomic mass is 19.1. The predicted octanol–water partition coefficient (Wildman–Crippen LogP) is 3.14. The zero-order chi connectivity index (χ0) is 17.9. The molecule has 2 amide bonds. The monoisotopic (exact) mass is 348 g/mol. The van der Waals surface area contributed by atoms with Gasteiger partial charge < -0.3 is 15.3 Å². The van der Waals surface area contributed by atoms with Gasteiger partial charge in [-0.3, -0.25) is 4.79 Å². The van der Waals surface area contributed by atoms with Crippen LogP contribution in [0.4, 0.5) is 9.18 Å². The van der Waals surface area contributed by atoms with E-state index in [1.807, 2.05) is 12.1 Å². The first-order valence-corrected chi connectivity index (χ1v) is 9.02. The normalized spacial score (nSPS) is 22.6. The second-order valence-electron chi connectivity index (χ2n) is 7.28. The number of benzene rings is 1. The minimum absolute atomic E-state index is 0.147. The lowest BCUT2D eigenvalue weighted by molar-refractivity contribution is -0.143. The number of carbonyl (C=O) groups excluding carboxylic acids is 1. The third kappa shape index (κ3) is 3.94. The number of halogens is 1. The number of nitrogens with one attached hydrogen (secondary N) is 1. The molecule has 25 heavy (non-hydrogen) atoms. The molecule has 2 N–H and O–H groups in total. The molecule has 3 rings (SSSR count). The van der Waals surface area contributed by atoms with E-state index in [1.165, 1.54) is 12.1 Å². The molecule has 2 fully saturated rings. The van der Waals surface area contributed by atoms with Gasteiger partial charge in [0.25, 0.3) is 0 Å². The van der Waals surface area contributed by atoms with Crippen molar-refractivity contribution >= 4 is 12.0 Å². The number of carbonyl (C=O) groups is 2. The van der Waals surface area contributed by atoms with Crippen LogP contribution in [0.3, 0.4) is 0 Å². The van der Waals surface area contributed by atoms with Gasteiger partial charge in [0, 0.05) is 25.0 Å². The molecule has 5 nitrogen and oxygen atoms in total. The quantitative estimate of drug-likeness (QED) is 0.878. The summed E-state index contributed by atoms with van der Waals surface area (Å²) in [5, 5.41) is 12.2.